The molecule has 0 spiro atoms. The lowest BCUT2D eigenvalue weighted by atomic mass is 9.99. The summed E-state index contributed by atoms with van der Waals surface area (Å²) in [5.41, 5.74) is 5.81. The van der Waals surface area contributed by atoms with Crippen LogP contribution in [0.2, 0.25) is 0 Å². The molecule has 4 heteroatoms. The van der Waals surface area contributed by atoms with Gasteiger partial charge in [-0.05, 0) is 24.7 Å². The van der Waals surface area contributed by atoms with E-state index in [1.165, 1.54) is 11.3 Å². The lowest BCUT2D eigenvalue weighted by molar-refractivity contribution is 0.134. The number of carbonyl (C=O) groups is 1. The molecule has 1 amide bonds. The highest BCUT2D eigenvalue weighted by Gasteiger charge is 2.44. The molecule has 1 saturated heterocycles. The maximum Gasteiger partial charge on any atom is 0.408 e. The van der Waals surface area contributed by atoms with Gasteiger partial charge in [-0.25, -0.2) is 4.79 Å². The number of nitrogens with two attached hydrogens (primary N) is 1. The van der Waals surface area contributed by atoms with Crippen LogP contribution in [0.25, 0.3) is 0 Å². The molecule has 12 heavy (non-hydrogen) atoms. The molecule has 2 aliphatic rings. The molecular weight excluding hydrogens is 156 g/mol. The zero-order valence-corrected chi connectivity index (χ0v) is 6.94. The summed E-state index contributed by atoms with van der Waals surface area (Å²) in [5.74, 6) is 0.970. The summed E-state index contributed by atoms with van der Waals surface area (Å²) in [4.78, 5) is 12.1. The van der Waals surface area contributed by atoms with Gasteiger partial charge in [0.2, 0.25) is 0 Å². The van der Waals surface area contributed by atoms with E-state index >= 15 is 0 Å². The van der Waals surface area contributed by atoms with E-state index in [-0.39, 0.29) is 6.17 Å². The first-order valence-corrected chi connectivity index (χ1v) is 4.45. The second kappa shape index (κ2) is 2.62. The van der Waals surface area contributed by atoms with Crippen LogP contribution in [0.5, 0.6) is 0 Å². The van der Waals surface area contributed by atoms with Crippen molar-refractivity contribution < 1.29 is 9.90 Å². The molecule has 0 aromatic carbocycles. The Morgan fingerprint density at radius 2 is 2.25 bits per heavy atom. The van der Waals surface area contributed by atoms with E-state index in [0.717, 1.165) is 12.8 Å². The third-order valence-corrected chi connectivity index (χ3v) is 3.19. The van der Waals surface area contributed by atoms with Crippen LogP contribution < -0.4 is 5.73 Å². The molecule has 0 bridgehead atoms. The van der Waals surface area contributed by atoms with Crippen LogP contribution in [0.4, 0.5) is 4.79 Å². The zero-order valence-electron chi connectivity index (χ0n) is 6.94. The van der Waals surface area contributed by atoms with Crippen molar-refractivity contribution in [2.45, 2.75) is 25.4 Å². The Hall–Kier alpha value is -0.770. The fourth-order valence-corrected chi connectivity index (χ4v) is 2.55. The van der Waals surface area contributed by atoms with Gasteiger partial charge in [0.15, 0.2) is 0 Å². The van der Waals surface area contributed by atoms with Crippen molar-refractivity contribution in [2.75, 3.05) is 6.54 Å². The maximum absolute atomic E-state index is 10.7. The van der Waals surface area contributed by atoms with Crippen molar-refractivity contribution >= 4 is 6.09 Å². The van der Waals surface area contributed by atoms with Crippen LogP contribution in [0.1, 0.15) is 19.3 Å². The highest BCUT2D eigenvalue weighted by molar-refractivity contribution is 5.65. The molecule has 4 nitrogen and oxygen atoms in total. The fourth-order valence-electron chi connectivity index (χ4n) is 2.55. The number of rotatable bonds is 0. The molecule has 0 radical (unpaired) electrons. The van der Waals surface area contributed by atoms with Gasteiger partial charge in [0.25, 0.3) is 0 Å². The summed E-state index contributed by atoms with van der Waals surface area (Å²) in [6.45, 7) is 0.654. The zero-order chi connectivity index (χ0) is 8.72. The number of fused-ring (bicyclic) bond motifs is 1. The molecule has 1 aliphatic carbocycles. The van der Waals surface area contributed by atoms with Gasteiger partial charge in [0.05, 0.1) is 6.17 Å². The second-order valence-electron chi connectivity index (χ2n) is 3.78. The van der Waals surface area contributed by atoms with Crippen molar-refractivity contribution in [3.05, 3.63) is 0 Å². The van der Waals surface area contributed by atoms with E-state index in [0.29, 0.717) is 18.4 Å². The SMILES string of the molecule is NC1C2CCCC2CN1C(=O)O. The Labute approximate surface area is 71.3 Å². The van der Waals surface area contributed by atoms with Gasteiger partial charge in [-0.3, -0.25) is 4.90 Å². The van der Waals surface area contributed by atoms with Gasteiger partial charge in [0, 0.05) is 6.54 Å². The first-order valence-electron chi connectivity index (χ1n) is 4.45. The molecule has 3 N–H and O–H groups in total. The largest absolute Gasteiger partial charge is 0.465 e. The molecule has 1 aliphatic heterocycles. The first-order chi connectivity index (χ1) is 5.70. The summed E-state index contributed by atoms with van der Waals surface area (Å²) in [7, 11) is 0. The maximum atomic E-state index is 10.7. The molecule has 0 aromatic heterocycles. The fraction of sp³-hybridized carbons (Fsp3) is 0.875. The predicted molar refractivity (Wildman–Crippen MR) is 43.5 cm³/mol. The van der Waals surface area contributed by atoms with Gasteiger partial charge in [-0.15, -0.1) is 0 Å². The molecule has 1 heterocycles. The first kappa shape index (κ1) is 7.86. The number of nitrogens with zero attached hydrogens (tertiary/aromatic N) is 1. The third kappa shape index (κ3) is 0.982. The van der Waals surface area contributed by atoms with Crippen LogP contribution >= 0.6 is 0 Å². The van der Waals surface area contributed by atoms with Crippen molar-refractivity contribution in [3.8, 4) is 0 Å². The second-order valence-corrected chi connectivity index (χ2v) is 3.78. The number of likely N-dealkylation sites (tertiary alicyclic amines) is 1. The Morgan fingerprint density at radius 1 is 1.50 bits per heavy atom. The average Bonchev–Trinajstić information content (AvgIpc) is 2.53. The molecule has 2 rings (SSSR count). The number of hydrogen-bond donors (Lipinski definition) is 2. The summed E-state index contributed by atoms with van der Waals surface area (Å²) in [6.07, 6.45) is 2.38. The average molecular weight is 170 g/mol. The minimum absolute atomic E-state index is 0.241. The lowest BCUT2D eigenvalue weighted by Gasteiger charge is -2.20. The molecule has 68 valence electrons. The monoisotopic (exact) mass is 170 g/mol. The van der Waals surface area contributed by atoms with Gasteiger partial charge in [0.1, 0.15) is 0 Å². The molecule has 3 unspecified atom stereocenters. The summed E-state index contributed by atoms with van der Waals surface area (Å²) < 4.78 is 0. The minimum atomic E-state index is -0.864. The van der Waals surface area contributed by atoms with Crippen LogP contribution in [0.15, 0.2) is 0 Å². The lowest BCUT2D eigenvalue weighted by Crippen LogP contribution is -2.43. The third-order valence-electron chi connectivity index (χ3n) is 3.19. The highest BCUT2D eigenvalue weighted by Crippen LogP contribution is 2.40. The van der Waals surface area contributed by atoms with E-state index in [1.54, 1.807) is 0 Å². The normalized spacial score (nSPS) is 40.1. The Balaban J connectivity index is 2.10. The van der Waals surface area contributed by atoms with E-state index in [4.69, 9.17) is 10.8 Å². The Morgan fingerprint density at radius 3 is 2.83 bits per heavy atom. The number of amides is 1. The van der Waals surface area contributed by atoms with E-state index in [9.17, 15) is 4.79 Å². The van der Waals surface area contributed by atoms with Crippen LogP contribution in [0.3, 0.4) is 0 Å². The summed E-state index contributed by atoms with van der Waals surface area (Å²) >= 11 is 0. The van der Waals surface area contributed by atoms with E-state index < -0.39 is 6.09 Å². The smallest absolute Gasteiger partial charge is 0.408 e. The predicted octanol–water partition coefficient (Wildman–Crippen LogP) is 0.681. The van der Waals surface area contributed by atoms with Crippen molar-refractivity contribution in [1.82, 2.24) is 4.90 Å². The summed E-state index contributed by atoms with van der Waals surface area (Å²) in [5, 5.41) is 8.78. The quantitative estimate of drug-likeness (QED) is 0.561. The van der Waals surface area contributed by atoms with Crippen LogP contribution in [-0.2, 0) is 0 Å². The van der Waals surface area contributed by atoms with Gasteiger partial charge >= 0.3 is 6.09 Å². The molecule has 3 atom stereocenters. The number of hydrogen-bond acceptors (Lipinski definition) is 2. The Bertz CT molecular complexity index is 207. The molecular formula is C8H14N2O2. The van der Waals surface area contributed by atoms with Gasteiger partial charge in [-0.2, -0.15) is 0 Å². The molecule has 0 aromatic rings. The topological polar surface area (TPSA) is 66.6 Å². The van der Waals surface area contributed by atoms with Gasteiger partial charge < -0.3 is 10.8 Å². The minimum Gasteiger partial charge on any atom is -0.465 e. The van der Waals surface area contributed by atoms with E-state index in [1.807, 2.05) is 0 Å². The van der Waals surface area contributed by atoms with Gasteiger partial charge in [-0.1, -0.05) is 6.42 Å². The van der Waals surface area contributed by atoms with Crippen molar-refractivity contribution in [3.63, 3.8) is 0 Å². The number of carboxylic acid groups (broad SMARTS) is 1. The molecule has 2 fully saturated rings. The summed E-state index contributed by atoms with van der Waals surface area (Å²) in [6, 6.07) is 0. The van der Waals surface area contributed by atoms with Crippen LogP contribution in [-0.4, -0.2) is 28.8 Å². The van der Waals surface area contributed by atoms with Crippen molar-refractivity contribution in [2.24, 2.45) is 17.6 Å². The Kier molecular flexibility index (Phi) is 1.72. The molecule has 1 saturated carbocycles. The standard InChI is InChI=1S/C8H14N2O2/c9-7-6-3-1-2-5(6)4-10(7)8(11)12/h5-7H,1-4,9H2,(H,11,12). The van der Waals surface area contributed by atoms with Crippen molar-refractivity contribution in [1.29, 1.82) is 0 Å². The van der Waals surface area contributed by atoms with Crippen LogP contribution in [0, 0.1) is 11.8 Å². The highest BCUT2D eigenvalue weighted by atomic mass is 16.4. The van der Waals surface area contributed by atoms with E-state index in [2.05, 4.69) is 0 Å².